The van der Waals surface area contributed by atoms with Crippen molar-refractivity contribution >= 4 is 11.9 Å². The molecule has 28 heavy (non-hydrogen) atoms. The van der Waals surface area contributed by atoms with E-state index in [9.17, 15) is 4.79 Å². The van der Waals surface area contributed by atoms with E-state index in [1.165, 1.54) is 13.2 Å². The molecule has 0 unspecified atom stereocenters. The van der Waals surface area contributed by atoms with Gasteiger partial charge in [0.2, 0.25) is 0 Å². The lowest BCUT2D eigenvalue weighted by Gasteiger charge is -2.08. The fourth-order valence-electron chi connectivity index (χ4n) is 2.68. The Morgan fingerprint density at radius 3 is 2.25 bits per heavy atom. The third-order valence-corrected chi connectivity index (χ3v) is 4.23. The van der Waals surface area contributed by atoms with Crippen LogP contribution in [0.5, 0.6) is 17.2 Å². The molecule has 0 aliphatic heterocycles. The topological polar surface area (TPSA) is 44.8 Å². The van der Waals surface area contributed by atoms with Gasteiger partial charge in [0.15, 0.2) is 5.78 Å². The van der Waals surface area contributed by atoms with Crippen molar-refractivity contribution in [2.75, 3.05) is 14.2 Å². The molecule has 0 saturated carbocycles. The molecule has 3 aromatic carbocycles. The molecule has 0 atom stereocenters. The van der Waals surface area contributed by atoms with Gasteiger partial charge in [-0.05, 0) is 41.5 Å². The molecule has 3 rings (SSSR count). The lowest BCUT2D eigenvalue weighted by molar-refractivity contribution is 0.104. The lowest BCUT2D eigenvalue weighted by Crippen LogP contribution is -1.99. The molecular formula is C24H22O4. The standard InChI is InChI=1S/C24H22O4/c1-26-21-13-14-22(24(16-21)27-2)23(25)15-10-18-8-11-20(12-9-18)28-17-19-6-4-3-5-7-19/h3-16H,17H2,1-2H3. The highest BCUT2D eigenvalue weighted by atomic mass is 16.5. The summed E-state index contributed by atoms with van der Waals surface area (Å²) in [5.74, 6) is 1.77. The van der Waals surface area contributed by atoms with E-state index in [-0.39, 0.29) is 5.78 Å². The van der Waals surface area contributed by atoms with Gasteiger partial charge in [-0.15, -0.1) is 0 Å². The fourth-order valence-corrected chi connectivity index (χ4v) is 2.68. The number of allylic oxidation sites excluding steroid dienone is 1. The monoisotopic (exact) mass is 374 g/mol. The number of rotatable bonds is 8. The second kappa shape index (κ2) is 9.42. The summed E-state index contributed by atoms with van der Waals surface area (Å²) in [6.07, 6.45) is 3.30. The van der Waals surface area contributed by atoms with Gasteiger partial charge in [0.05, 0.1) is 19.8 Å². The molecule has 0 radical (unpaired) electrons. The maximum absolute atomic E-state index is 12.5. The van der Waals surface area contributed by atoms with Gasteiger partial charge in [-0.1, -0.05) is 48.5 Å². The summed E-state index contributed by atoms with van der Waals surface area (Å²) in [6.45, 7) is 0.520. The summed E-state index contributed by atoms with van der Waals surface area (Å²) < 4.78 is 16.2. The van der Waals surface area contributed by atoms with E-state index in [1.54, 1.807) is 31.4 Å². The fraction of sp³-hybridized carbons (Fsp3) is 0.125. The first kappa shape index (κ1) is 19.2. The highest BCUT2D eigenvalue weighted by molar-refractivity contribution is 6.08. The van der Waals surface area contributed by atoms with Crippen LogP contribution >= 0.6 is 0 Å². The molecule has 142 valence electrons. The number of carbonyl (C=O) groups excluding carboxylic acids is 1. The van der Waals surface area contributed by atoms with Gasteiger partial charge in [-0.25, -0.2) is 0 Å². The van der Waals surface area contributed by atoms with Crippen molar-refractivity contribution in [3.8, 4) is 17.2 Å². The van der Waals surface area contributed by atoms with Crippen LogP contribution in [0.1, 0.15) is 21.5 Å². The Labute approximate surface area is 165 Å². The zero-order chi connectivity index (χ0) is 19.8. The number of methoxy groups -OCH3 is 2. The lowest BCUT2D eigenvalue weighted by atomic mass is 10.1. The zero-order valence-corrected chi connectivity index (χ0v) is 15.9. The molecule has 0 aliphatic carbocycles. The maximum atomic E-state index is 12.5. The molecule has 4 heteroatoms. The molecule has 0 spiro atoms. The normalized spacial score (nSPS) is 10.6. The van der Waals surface area contributed by atoms with Gasteiger partial charge in [0.25, 0.3) is 0 Å². The van der Waals surface area contributed by atoms with Crippen LogP contribution in [0.3, 0.4) is 0 Å². The van der Waals surface area contributed by atoms with Crippen LogP contribution in [0.2, 0.25) is 0 Å². The van der Waals surface area contributed by atoms with Crippen molar-refractivity contribution in [2.45, 2.75) is 6.61 Å². The Morgan fingerprint density at radius 2 is 1.57 bits per heavy atom. The molecular weight excluding hydrogens is 352 g/mol. The van der Waals surface area contributed by atoms with E-state index in [2.05, 4.69) is 0 Å². The predicted octanol–water partition coefficient (Wildman–Crippen LogP) is 5.18. The van der Waals surface area contributed by atoms with Crippen LogP contribution in [0.4, 0.5) is 0 Å². The van der Waals surface area contributed by atoms with Crippen molar-refractivity contribution in [1.29, 1.82) is 0 Å². The average Bonchev–Trinajstić information content (AvgIpc) is 2.77. The number of hydrogen-bond acceptors (Lipinski definition) is 4. The van der Waals surface area contributed by atoms with Gasteiger partial charge in [0, 0.05) is 6.07 Å². The van der Waals surface area contributed by atoms with Gasteiger partial charge < -0.3 is 14.2 Å². The first-order chi connectivity index (χ1) is 13.7. The van der Waals surface area contributed by atoms with Crippen LogP contribution in [0.15, 0.2) is 78.9 Å². The number of ether oxygens (including phenoxy) is 3. The summed E-state index contributed by atoms with van der Waals surface area (Å²) in [7, 11) is 3.10. The summed E-state index contributed by atoms with van der Waals surface area (Å²) in [5.41, 5.74) is 2.51. The molecule has 0 aromatic heterocycles. The zero-order valence-electron chi connectivity index (χ0n) is 15.9. The van der Waals surface area contributed by atoms with Crippen molar-refractivity contribution in [2.24, 2.45) is 0 Å². The van der Waals surface area contributed by atoms with Gasteiger partial charge in [-0.3, -0.25) is 4.79 Å². The number of benzene rings is 3. The molecule has 0 saturated heterocycles. The Bertz CT molecular complexity index is 944. The summed E-state index contributed by atoms with van der Waals surface area (Å²) in [5, 5.41) is 0. The smallest absolute Gasteiger partial charge is 0.189 e. The highest BCUT2D eigenvalue weighted by Gasteiger charge is 2.10. The molecule has 0 bridgehead atoms. The minimum atomic E-state index is -0.135. The van der Waals surface area contributed by atoms with Gasteiger partial charge in [-0.2, -0.15) is 0 Å². The predicted molar refractivity (Wildman–Crippen MR) is 110 cm³/mol. The Balaban J connectivity index is 1.63. The molecule has 0 fully saturated rings. The molecule has 0 heterocycles. The molecule has 3 aromatic rings. The second-order valence-electron chi connectivity index (χ2n) is 6.11. The van der Waals surface area contributed by atoms with E-state index < -0.39 is 0 Å². The van der Waals surface area contributed by atoms with E-state index in [0.717, 1.165) is 16.9 Å². The van der Waals surface area contributed by atoms with Crippen LogP contribution in [-0.2, 0) is 6.61 Å². The first-order valence-corrected chi connectivity index (χ1v) is 8.91. The quantitative estimate of drug-likeness (QED) is 0.403. The minimum Gasteiger partial charge on any atom is -0.497 e. The molecule has 0 amide bonds. The number of ketones is 1. The molecule has 0 N–H and O–H groups in total. The van der Waals surface area contributed by atoms with Crippen LogP contribution in [-0.4, -0.2) is 20.0 Å². The van der Waals surface area contributed by atoms with Crippen LogP contribution in [0, 0.1) is 0 Å². The van der Waals surface area contributed by atoms with E-state index in [4.69, 9.17) is 14.2 Å². The summed E-state index contributed by atoms with van der Waals surface area (Å²) in [6, 6.07) is 22.7. The van der Waals surface area contributed by atoms with Crippen LogP contribution in [0.25, 0.3) is 6.08 Å². The maximum Gasteiger partial charge on any atom is 0.189 e. The molecule has 0 aliphatic rings. The Kier molecular flexibility index (Phi) is 6.47. The number of carbonyl (C=O) groups is 1. The average molecular weight is 374 g/mol. The van der Waals surface area contributed by atoms with Crippen molar-refractivity contribution < 1.29 is 19.0 Å². The Hall–Kier alpha value is -3.53. The van der Waals surface area contributed by atoms with Gasteiger partial charge in [0.1, 0.15) is 23.9 Å². The summed E-state index contributed by atoms with van der Waals surface area (Å²) in [4.78, 5) is 12.5. The number of hydrogen-bond donors (Lipinski definition) is 0. The van der Waals surface area contributed by atoms with Crippen LogP contribution < -0.4 is 14.2 Å². The van der Waals surface area contributed by atoms with Crippen molar-refractivity contribution in [3.05, 3.63) is 95.6 Å². The SMILES string of the molecule is COc1ccc(C(=O)C=Cc2ccc(OCc3ccccc3)cc2)c(OC)c1. The minimum absolute atomic E-state index is 0.135. The third-order valence-electron chi connectivity index (χ3n) is 4.23. The summed E-state index contributed by atoms with van der Waals surface area (Å²) >= 11 is 0. The largest absolute Gasteiger partial charge is 0.497 e. The third kappa shape index (κ3) is 5.01. The van der Waals surface area contributed by atoms with Crippen molar-refractivity contribution in [3.63, 3.8) is 0 Å². The van der Waals surface area contributed by atoms with Crippen molar-refractivity contribution in [1.82, 2.24) is 0 Å². The van der Waals surface area contributed by atoms with Gasteiger partial charge >= 0.3 is 0 Å². The molecule has 4 nitrogen and oxygen atoms in total. The van der Waals surface area contributed by atoms with E-state index in [1.807, 2.05) is 54.6 Å². The highest BCUT2D eigenvalue weighted by Crippen LogP contribution is 2.25. The van der Waals surface area contributed by atoms with E-state index in [0.29, 0.717) is 23.7 Å². The van der Waals surface area contributed by atoms with E-state index >= 15 is 0 Å². The Morgan fingerprint density at radius 1 is 0.857 bits per heavy atom. The first-order valence-electron chi connectivity index (χ1n) is 8.91. The second-order valence-corrected chi connectivity index (χ2v) is 6.11.